The number of pyridine rings is 1. The lowest BCUT2D eigenvalue weighted by molar-refractivity contribution is -0.253. The van der Waals surface area contributed by atoms with Gasteiger partial charge in [0.05, 0.1) is 6.20 Å². The van der Waals surface area contributed by atoms with Gasteiger partial charge in [0.2, 0.25) is 0 Å². The smallest absolute Gasteiger partial charge is 0.427 e. The van der Waals surface area contributed by atoms with Crippen LogP contribution in [0, 0.1) is 0 Å². The molecule has 2 nitrogen and oxygen atoms in total. The third kappa shape index (κ3) is 2.73. The van der Waals surface area contributed by atoms with Crippen molar-refractivity contribution in [1.82, 2.24) is 4.98 Å². The van der Waals surface area contributed by atoms with Gasteiger partial charge in [-0.05, 0) is 12.1 Å². The number of hydrogen-bond acceptors (Lipinski definition) is 2. The number of nitrogens with zero attached hydrogens (tertiary/aromatic N) is 1. The summed E-state index contributed by atoms with van der Waals surface area (Å²) in [7, 11) is 0. The summed E-state index contributed by atoms with van der Waals surface area (Å²) >= 11 is 5.34. The maximum absolute atomic E-state index is 12.3. The Bertz CT molecular complexity index is 303. The summed E-state index contributed by atoms with van der Waals surface area (Å²) in [6.07, 6.45) is -7.58. The predicted octanol–water partition coefficient (Wildman–Crippen LogP) is 2.97. The Kier molecular flexibility index (Phi) is 3.15. The standard InChI is InChI=1S/C7H4ClF4NO/c8-5-2-1-4(3-13-5)14-7(11,12)6(9)10/h1-3,6H. The van der Waals surface area contributed by atoms with Gasteiger partial charge < -0.3 is 4.74 Å². The van der Waals surface area contributed by atoms with Crippen LogP contribution in [0.15, 0.2) is 18.3 Å². The van der Waals surface area contributed by atoms with E-state index in [1.807, 2.05) is 0 Å². The van der Waals surface area contributed by atoms with Crippen LogP contribution >= 0.6 is 11.6 Å². The number of halogens is 5. The zero-order valence-corrected chi connectivity index (χ0v) is 7.31. The molecule has 0 fully saturated rings. The van der Waals surface area contributed by atoms with Crippen molar-refractivity contribution in [3.8, 4) is 5.75 Å². The molecule has 0 saturated carbocycles. The fraction of sp³-hybridized carbons (Fsp3) is 0.286. The molecule has 0 aliphatic heterocycles. The molecule has 0 radical (unpaired) electrons. The van der Waals surface area contributed by atoms with Gasteiger partial charge in [-0.1, -0.05) is 11.6 Å². The Hall–Kier alpha value is -1.04. The van der Waals surface area contributed by atoms with Crippen molar-refractivity contribution < 1.29 is 22.3 Å². The summed E-state index contributed by atoms with van der Waals surface area (Å²) in [5, 5.41) is 0.0534. The van der Waals surface area contributed by atoms with Gasteiger partial charge in [-0.2, -0.15) is 17.6 Å². The van der Waals surface area contributed by atoms with Crippen molar-refractivity contribution >= 4 is 11.6 Å². The maximum Gasteiger partial charge on any atom is 0.461 e. The Labute approximate surface area is 81.5 Å². The van der Waals surface area contributed by atoms with E-state index in [9.17, 15) is 17.6 Å². The Morgan fingerprint density at radius 3 is 2.43 bits per heavy atom. The summed E-state index contributed by atoms with van der Waals surface area (Å²) in [6.45, 7) is 0. The molecule has 1 aromatic heterocycles. The molecule has 0 spiro atoms. The van der Waals surface area contributed by atoms with Crippen LogP contribution in [-0.4, -0.2) is 17.5 Å². The average Bonchev–Trinajstić information content (AvgIpc) is 2.08. The molecule has 0 aromatic carbocycles. The first-order valence-electron chi connectivity index (χ1n) is 3.38. The minimum Gasteiger partial charge on any atom is -0.427 e. The van der Waals surface area contributed by atoms with E-state index >= 15 is 0 Å². The lowest BCUT2D eigenvalue weighted by atomic mass is 10.4. The molecule has 0 atom stereocenters. The minimum atomic E-state index is -4.52. The van der Waals surface area contributed by atoms with Crippen molar-refractivity contribution in [3.05, 3.63) is 23.5 Å². The lowest BCUT2D eigenvalue weighted by Gasteiger charge is -2.16. The Morgan fingerprint density at radius 2 is 2.00 bits per heavy atom. The fourth-order valence-corrected chi connectivity index (χ4v) is 0.736. The van der Waals surface area contributed by atoms with Crippen molar-refractivity contribution in [2.24, 2.45) is 0 Å². The zero-order chi connectivity index (χ0) is 10.8. The first-order valence-corrected chi connectivity index (χ1v) is 3.76. The molecule has 0 aliphatic rings. The van der Waals surface area contributed by atoms with Crippen molar-refractivity contribution in [1.29, 1.82) is 0 Å². The maximum atomic E-state index is 12.3. The molecule has 0 unspecified atom stereocenters. The van der Waals surface area contributed by atoms with Crippen LogP contribution in [0.25, 0.3) is 0 Å². The van der Waals surface area contributed by atoms with Crippen LogP contribution in [0.2, 0.25) is 5.15 Å². The molecule has 0 bridgehead atoms. The summed E-state index contributed by atoms with van der Waals surface area (Å²) in [5.74, 6) is -0.472. The fourth-order valence-electron chi connectivity index (χ4n) is 0.624. The van der Waals surface area contributed by atoms with E-state index in [2.05, 4.69) is 9.72 Å². The summed E-state index contributed by atoms with van der Waals surface area (Å²) in [5.41, 5.74) is 0. The quantitative estimate of drug-likeness (QED) is 0.587. The molecule has 7 heteroatoms. The van der Waals surface area contributed by atoms with Crippen molar-refractivity contribution in [3.63, 3.8) is 0 Å². The summed E-state index contributed by atoms with van der Waals surface area (Å²) in [6, 6.07) is 2.17. The lowest BCUT2D eigenvalue weighted by Crippen LogP contribution is -2.33. The number of alkyl halides is 4. The Morgan fingerprint density at radius 1 is 1.36 bits per heavy atom. The van der Waals surface area contributed by atoms with E-state index in [0.717, 1.165) is 18.3 Å². The molecule has 1 heterocycles. The SMILES string of the molecule is FC(F)C(F)(F)Oc1ccc(Cl)nc1. The third-order valence-corrected chi connectivity index (χ3v) is 1.43. The largest absolute Gasteiger partial charge is 0.461 e. The van der Waals surface area contributed by atoms with Crippen LogP contribution < -0.4 is 4.74 Å². The molecule has 0 aliphatic carbocycles. The first-order chi connectivity index (χ1) is 6.42. The van der Waals surface area contributed by atoms with Gasteiger partial charge in [-0.25, -0.2) is 4.98 Å². The Balaban J connectivity index is 2.74. The molecule has 14 heavy (non-hydrogen) atoms. The number of aromatic nitrogens is 1. The molecular weight excluding hydrogens is 226 g/mol. The van der Waals surface area contributed by atoms with Crippen LogP contribution in [-0.2, 0) is 0 Å². The summed E-state index contributed by atoms with van der Waals surface area (Å²) < 4.78 is 51.6. The highest BCUT2D eigenvalue weighted by Gasteiger charge is 2.43. The highest BCUT2D eigenvalue weighted by molar-refractivity contribution is 6.29. The van der Waals surface area contributed by atoms with E-state index < -0.39 is 18.3 Å². The zero-order valence-electron chi connectivity index (χ0n) is 6.55. The van der Waals surface area contributed by atoms with Crippen LogP contribution in [0.1, 0.15) is 0 Å². The van der Waals surface area contributed by atoms with Crippen LogP contribution in [0.5, 0.6) is 5.75 Å². The van der Waals surface area contributed by atoms with E-state index in [1.165, 1.54) is 0 Å². The van der Waals surface area contributed by atoms with Crippen LogP contribution in [0.4, 0.5) is 17.6 Å². The van der Waals surface area contributed by atoms with Crippen molar-refractivity contribution in [2.75, 3.05) is 0 Å². The van der Waals surface area contributed by atoms with E-state index in [0.29, 0.717) is 0 Å². The van der Waals surface area contributed by atoms with Crippen molar-refractivity contribution in [2.45, 2.75) is 12.5 Å². The molecule has 0 N–H and O–H groups in total. The second-order valence-corrected chi connectivity index (χ2v) is 2.67. The summed E-state index contributed by atoms with van der Waals surface area (Å²) in [4.78, 5) is 3.38. The highest BCUT2D eigenvalue weighted by Crippen LogP contribution is 2.27. The average molecular weight is 230 g/mol. The molecule has 0 amide bonds. The van der Waals surface area contributed by atoms with Gasteiger partial charge in [0.15, 0.2) is 0 Å². The molecule has 1 rings (SSSR count). The van der Waals surface area contributed by atoms with Gasteiger partial charge in [0.25, 0.3) is 0 Å². The molecule has 0 saturated heterocycles. The number of hydrogen-bond donors (Lipinski definition) is 0. The molecular formula is C7H4ClF4NO. The second-order valence-electron chi connectivity index (χ2n) is 2.28. The van der Waals surface area contributed by atoms with E-state index in [4.69, 9.17) is 11.6 Å². The minimum absolute atomic E-state index is 0.0534. The third-order valence-electron chi connectivity index (χ3n) is 1.21. The van der Waals surface area contributed by atoms with E-state index in [-0.39, 0.29) is 5.15 Å². The van der Waals surface area contributed by atoms with Gasteiger partial charge in [0, 0.05) is 0 Å². The van der Waals surface area contributed by atoms with Gasteiger partial charge >= 0.3 is 12.5 Å². The number of rotatable bonds is 3. The first kappa shape index (κ1) is 11.0. The topological polar surface area (TPSA) is 22.1 Å². The predicted molar refractivity (Wildman–Crippen MR) is 40.8 cm³/mol. The highest BCUT2D eigenvalue weighted by atomic mass is 35.5. The molecule has 78 valence electrons. The van der Waals surface area contributed by atoms with Gasteiger partial charge in [-0.15, -0.1) is 0 Å². The van der Waals surface area contributed by atoms with Gasteiger partial charge in [-0.3, -0.25) is 0 Å². The monoisotopic (exact) mass is 229 g/mol. The molecule has 1 aromatic rings. The van der Waals surface area contributed by atoms with Crippen LogP contribution in [0.3, 0.4) is 0 Å². The normalized spacial score (nSPS) is 11.9. The second kappa shape index (κ2) is 4.00. The number of ether oxygens (including phenoxy) is 1. The van der Waals surface area contributed by atoms with E-state index in [1.54, 1.807) is 0 Å². The van der Waals surface area contributed by atoms with Gasteiger partial charge in [0.1, 0.15) is 10.9 Å².